The van der Waals surface area contributed by atoms with Gasteiger partial charge in [0, 0.05) is 4.88 Å². The van der Waals surface area contributed by atoms with Crippen molar-refractivity contribution in [1.82, 2.24) is 9.97 Å². The lowest BCUT2D eigenvalue weighted by Gasteiger charge is -2.02. The first-order chi connectivity index (χ1) is 8.13. The molecule has 17 heavy (non-hydrogen) atoms. The standard InChI is InChI=1S/C12H13ClN2OS/c1-4-5-16-6-9-14-11(13)10-7(2)8(3)17-12(10)15-9/h4H,1,5-6H2,2-3H3. The van der Waals surface area contributed by atoms with E-state index in [1.165, 1.54) is 4.88 Å². The van der Waals surface area contributed by atoms with Crippen LogP contribution in [0.4, 0.5) is 0 Å². The minimum atomic E-state index is 0.359. The van der Waals surface area contributed by atoms with Crippen LogP contribution in [0.3, 0.4) is 0 Å². The predicted octanol–water partition coefficient (Wildman–Crippen LogP) is 3.66. The van der Waals surface area contributed by atoms with Crippen LogP contribution in [-0.2, 0) is 11.3 Å². The molecule has 0 unspecified atom stereocenters. The van der Waals surface area contributed by atoms with E-state index in [-0.39, 0.29) is 0 Å². The van der Waals surface area contributed by atoms with Gasteiger partial charge in [-0.2, -0.15) is 0 Å². The number of hydrogen-bond acceptors (Lipinski definition) is 4. The number of aromatic nitrogens is 2. The van der Waals surface area contributed by atoms with Gasteiger partial charge in [-0.1, -0.05) is 17.7 Å². The number of ether oxygens (including phenoxy) is 1. The number of rotatable bonds is 4. The number of nitrogens with zero attached hydrogens (tertiary/aromatic N) is 2. The van der Waals surface area contributed by atoms with Gasteiger partial charge in [-0.25, -0.2) is 9.97 Å². The monoisotopic (exact) mass is 268 g/mol. The molecular weight excluding hydrogens is 256 g/mol. The van der Waals surface area contributed by atoms with Gasteiger partial charge in [0.15, 0.2) is 5.82 Å². The van der Waals surface area contributed by atoms with Crippen molar-refractivity contribution in [1.29, 1.82) is 0 Å². The zero-order valence-electron chi connectivity index (χ0n) is 9.79. The maximum atomic E-state index is 6.17. The van der Waals surface area contributed by atoms with E-state index < -0.39 is 0 Å². The number of aryl methyl sites for hydroxylation is 2. The fourth-order valence-electron chi connectivity index (χ4n) is 1.54. The maximum Gasteiger partial charge on any atom is 0.157 e. The quantitative estimate of drug-likeness (QED) is 0.482. The fourth-order valence-corrected chi connectivity index (χ4v) is 2.97. The van der Waals surface area contributed by atoms with Crippen LogP contribution in [0.2, 0.25) is 5.15 Å². The smallest absolute Gasteiger partial charge is 0.157 e. The highest BCUT2D eigenvalue weighted by molar-refractivity contribution is 7.18. The van der Waals surface area contributed by atoms with Crippen molar-refractivity contribution in [3.63, 3.8) is 0 Å². The molecule has 0 bridgehead atoms. The van der Waals surface area contributed by atoms with Crippen LogP contribution in [-0.4, -0.2) is 16.6 Å². The molecule has 90 valence electrons. The molecule has 0 N–H and O–H groups in total. The van der Waals surface area contributed by atoms with Crippen molar-refractivity contribution in [2.45, 2.75) is 20.5 Å². The van der Waals surface area contributed by atoms with Gasteiger partial charge in [-0.3, -0.25) is 0 Å². The van der Waals surface area contributed by atoms with E-state index >= 15 is 0 Å². The van der Waals surface area contributed by atoms with Crippen molar-refractivity contribution >= 4 is 33.2 Å². The molecule has 0 aliphatic heterocycles. The highest BCUT2D eigenvalue weighted by atomic mass is 35.5. The lowest BCUT2D eigenvalue weighted by Crippen LogP contribution is -1.99. The summed E-state index contributed by atoms with van der Waals surface area (Å²) in [6.45, 7) is 8.53. The molecule has 0 fully saturated rings. The van der Waals surface area contributed by atoms with Crippen molar-refractivity contribution in [2.24, 2.45) is 0 Å². The second-order valence-electron chi connectivity index (χ2n) is 3.70. The highest BCUT2D eigenvalue weighted by Crippen LogP contribution is 2.32. The van der Waals surface area contributed by atoms with Gasteiger partial charge in [-0.15, -0.1) is 17.9 Å². The Morgan fingerprint density at radius 1 is 1.41 bits per heavy atom. The van der Waals surface area contributed by atoms with Crippen LogP contribution in [0.15, 0.2) is 12.7 Å². The maximum absolute atomic E-state index is 6.17. The van der Waals surface area contributed by atoms with Gasteiger partial charge in [-0.05, 0) is 19.4 Å². The minimum absolute atomic E-state index is 0.359. The first-order valence-electron chi connectivity index (χ1n) is 5.24. The van der Waals surface area contributed by atoms with Gasteiger partial charge < -0.3 is 4.74 Å². The average molecular weight is 269 g/mol. The molecule has 0 spiro atoms. The summed E-state index contributed by atoms with van der Waals surface area (Å²) in [6, 6.07) is 0. The van der Waals surface area contributed by atoms with Crippen LogP contribution in [0.1, 0.15) is 16.3 Å². The summed E-state index contributed by atoms with van der Waals surface area (Å²) < 4.78 is 5.31. The third-order valence-corrected chi connectivity index (χ3v) is 3.87. The number of hydrogen-bond donors (Lipinski definition) is 0. The van der Waals surface area contributed by atoms with Crippen molar-refractivity contribution in [2.75, 3.05) is 6.61 Å². The zero-order valence-corrected chi connectivity index (χ0v) is 11.4. The van der Waals surface area contributed by atoms with Crippen LogP contribution in [0, 0.1) is 13.8 Å². The highest BCUT2D eigenvalue weighted by Gasteiger charge is 2.12. The second-order valence-corrected chi connectivity index (χ2v) is 5.26. The van der Waals surface area contributed by atoms with Crippen LogP contribution >= 0.6 is 22.9 Å². The molecule has 0 atom stereocenters. The lowest BCUT2D eigenvalue weighted by molar-refractivity contribution is 0.143. The largest absolute Gasteiger partial charge is 0.369 e. The third kappa shape index (κ3) is 2.49. The first-order valence-corrected chi connectivity index (χ1v) is 6.43. The minimum Gasteiger partial charge on any atom is -0.369 e. The Morgan fingerprint density at radius 2 is 2.18 bits per heavy atom. The SMILES string of the molecule is C=CCOCc1nc(Cl)c2c(C)c(C)sc2n1. The Morgan fingerprint density at radius 3 is 2.88 bits per heavy atom. The summed E-state index contributed by atoms with van der Waals surface area (Å²) in [4.78, 5) is 10.9. The average Bonchev–Trinajstić information content (AvgIpc) is 2.55. The molecule has 0 radical (unpaired) electrons. The van der Waals surface area contributed by atoms with Crippen LogP contribution in [0.25, 0.3) is 10.2 Å². The van der Waals surface area contributed by atoms with E-state index in [9.17, 15) is 0 Å². The zero-order chi connectivity index (χ0) is 12.4. The summed E-state index contributed by atoms with van der Waals surface area (Å²) in [5, 5.41) is 1.47. The first kappa shape index (κ1) is 12.5. The Hall–Kier alpha value is -0.970. The number of halogens is 1. The van der Waals surface area contributed by atoms with E-state index in [1.54, 1.807) is 17.4 Å². The summed E-state index contributed by atoms with van der Waals surface area (Å²) in [6.07, 6.45) is 1.69. The molecule has 0 amide bonds. The van der Waals surface area contributed by atoms with Crippen molar-refractivity contribution in [3.05, 3.63) is 34.1 Å². The Bertz CT molecular complexity index is 565. The molecule has 0 aromatic carbocycles. The summed E-state index contributed by atoms with van der Waals surface area (Å²) >= 11 is 7.81. The fraction of sp³-hybridized carbons (Fsp3) is 0.333. The molecule has 2 heterocycles. The molecule has 5 heteroatoms. The van der Waals surface area contributed by atoms with Gasteiger partial charge in [0.1, 0.15) is 16.6 Å². The normalized spacial score (nSPS) is 11.0. The van der Waals surface area contributed by atoms with E-state index in [0.29, 0.717) is 24.2 Å². The summed E-state index contributed by atoms with van der Waals surface area (Å²) in [7, 11) is 0. The molecule has 0 aliphatic rings. The van der Waals surface area contributed by atoms with Crippen LogP contribution in [0.5, 0.6) is 0 Å². The van der Waals surface area contributed by atoms with Gasteiger partial charge >= 0.3 is 0 Å². The van der Waals surface area contributed by atoms with E-state index in [0.717, 1.165) is 15.8 Å². The summed E-state index contributed by atoms with van der Waals surface area (Å²) in [5.41, 5.74) is 1.16. The molecule has 3 nitrogen and oxygen atoms in total. The Labute approximate surface area is 109 Å². The second kappa shape index (κ2) is 5.12. The topological polar surface area (TPSA) is 35.0 Å². The molecular formula is C12H13ClN2OS. The predicted molar refractivity (Wildman–Crippen MR) is 71.8 cm³/mol. The Kier molecular flexibility index (Phi) is 3.76. The lowest BCUT2D eigenvalue weighted by atomic mass is 10.2. The van der Waals surface area contributed by atoms with Gasteiger partial charge in [0.25, 0.3) is 0 Å². The Balaban J connectivity index is 2.38. The van der Waals surface area contributed by atoms with E-state index in [1.807, 2.05) is 6.92 Å². The van der Waals surface area contributed by atoms with Crippen molar-refractivity contribution < 1.29 is 4.74 Å². The molecule has 0 saturated heterocycles. The van der Waals surface area contributed by atoms with Crippen LogP contribution < -0.4 is 0 Å². The molecule has 0 saturated carbocycles. The van der Waals surface area contributed by atoms with Crippen molar-refractivity contribution in [3.8, 4) is 0 Å². The number of fused-ring (bicyclic) bond motifs is 1. The molecule has 2 rings (SSSR count). The van der Waals surface area contributed by atoms with Gasteiger partial charge in [0.2, 0.25) is 0 Å². The summed E-state index contributed by atoms with van der Waals surface area (Å²) in [5.74, 6) is 0.616. The van der Waals surface area contributed by atoms with Gasteiger partial charge in [0.05, 0.1) is 12.0 Å². The number of thiophene rings is 1. The van der Waals surface area contributed by atoms with E-state index in [2.05, 4.69) is 23.5 Å². The van der Waals surface area contributed by atoms with E-state index in [4.69, 9.17) is 16.3 Å². The molecule has 0 aliphatic carbocycles. The molecule has 2 aromatic heterocycles. The third-order valence-electron chi connectivity index (χ3n) is 2.50. The molecule has 2 aromatic rings.